The predicted octanol–water partition coefficient (Wildman–Crippen LogP) is 5.47. The van der Waals surface area contributed by atoms with E-state index < -0.39 is 5.91 Å². The normalized spacial score (nSPS) is 16.6. The number of rotatable bonds is 8. The highest BCUT2D eigenvalue weighted by atomic mass is 32.2. The smallest absolute Gasteiger partial charge is 0.283 e. The lowest BCUT2D eigenvalue weighted by atomic mass is 10.1. The summed E-state index contributed by atoms with van der Waals surface area (Å²) in [5.74, 6) is 0.665. The highest BCUT2D eigenvalue weighted by Gasteiger charge is 2.35. The summed E-state index contributed by atoms with van der Waals surface area (Å²) in [6.45, 7) is 6.72. The van der Waals surface area contributed by atoms with Gasteiger partial charge in [-0.1, -0.05) is 32.0 Å². The van der Waals surface area contributed by atoms with Gasteiger partial charge >= 0.3 is 0 Å². The molecule has 1 N–H and O–H groups in total. The minimum Gasteiger partial charge on any atom is -0.490 e. The first-order valence-corrected chi connectivity index (χ1v) is 11.8. The van der Waals surface area contributed by atoms with Crippen LogP contribution in [0, 0.1) is 17.1 Å². The van der Waals surface area contributed by atoms with Crippen LogP contribution in [0.2, 0.25) is 0 Å². The SMILES string of the molecule is CCOc1cc(/C=C2/C(=N)N3N=C(CC(C)C)SC3=NC2=O)ccc1OCc1ccc(F)cc1. The van der Waals surface area contributed by atoms with Crippen molar-refractivity contribution >= 4 is 39.8 Å². The molecule has 2 aromatic carbocycles. The van der Waals surface area contributed by atoms with Crippen molar-refractivity contribution in [3.8, 4) is 11.5 Å². The Kier molecular flexibility index (Phi) is 7.12. The first kappa shape index (κ1) is 23.7. The average Bonchev–Trinajstić information content (AvgIpc) is 3.19. The van der Waals surface area contributed by atoms with Crippen LogP contribution in [0.4, 0.5) is 4.39 Å². The summed E-state index contributed by atoms with van der Waals surface area (Å²) in [6, 6.07) is 11.4. The first-order chi connectivity index (χ1) is 16.3. The molecule has 0 atom stereocenters. The number of carbonyl (C=O) groups is 1. The predicted molar refractivity (Wildman–Crippen MR) is 133 cm³/mol. The summed E-state index contributed by atoms with van der Waals surface area (Å²) >= 11 is 1.33. The Hall–Kier alpha value is -3.46. The van der Waals surface area contributed by atoms with Gasteiger partial charge in [-0.05, 0) is 66.1 Å². The largest absolute Gasteiger partial charge is 0.490 e. The lowest BCUT2D eigenvalue weighted by Gasteiger charge is -2.20. The first-order valence-electron chi connectivity index (χ1n) is 11.0. The van der Waals surface area contributed by atoms with Crippen molar-refractivity contribution in [1.29, 1.82) is 5.41 Å². The molecule has 176 valence electrons. The molecular formula is C25H25FN4O3S. The van der Waals surface area contributed by atoms with Gasteiger partial charge in [0, 0.05) is 6.42 Å². The van der Waals surface area contributed by atoms with Crippen molar-refractivity contribution in [2.45, 2.75) is 33.8 Å². The molecule has 2 aliphatic heterocycles. The molecule has 2 heterocycles. The fraction of sp³-hybridized carbons (Fsp3) is 0.280. The molecule has 0 radical (unpaired) electrons. The monoisotopic (exact) mass is 480 g/mol. The van der Waals surface area contributed by atoms with E-state index in [1.807, 2.05) is 6.92 Å². The molecule has 0 aromatic heterocycles. The number of carbonyl (C=O) groups excluding carboxylic acids is 1. The second kappa shape index (κ2) is 10.2. The zero-order chi connectivity index (χ0) is 24.2. The molecule has 7 nitrogen and oxygen atoms in total. The number of amides is 1. The fourth-order valence-corrected chi connectivity index (χ4v) is 4.47. The van der Waals surface area contributed by atoms with Crippen LogP contribution in [0.15, 0.2) is 58.1 Å². The Labute approximate surface area is 201 Å². The van der Waals surface area contributed by atoms with E-state index in [1.165, 1.54) is 28.9 Å². The zero-order valence-corrected chi connectivity index (χ0v) is 20.0. The van der Waals surface area contributed by atoms with Crippen LogP contribution in [-0.4, -0.2) is 33.6 Å². The Bertz CT molecular complexity index is 1210. The van der Waals surface area contributed by atoms with Crippen LogP contribution in [-0.2, 0) is 11.4 Å². The zero-order valence-electron chi connectivity index (χ0n) is 19.2. The van der Waals surface area contributed by atoms with E-state index in [4.69, 9.17) is 14.9 Å². The van der Waals surface area contributed by atoms with E-state index in [9.17, 15) is 9.18 Å². The molecule has 1 amide bonds. The maximum Gasteiger partial charge on any atom is 0.283 e. The lowest BCUT2D eigenvalue weighted by molar-refractivity contribution is -0.114. The molecular weight excluding hydrogens is 455 g/mol. The molecule has 2 aromatic rings. The quantitative estimate of drug-likeness (QED) is 0.507. The Morgan fingerprint density at radius 1 is 1.15 bits per heavy atom. The van der Waals surface area contributed by atoms with Crippen LogP contribution in [0.25, 0.3) is 6.08 Å². The average molecular weight is 481 g/mol. The van der Waals surface area contributed by atoms with Gasteiger partial charge in [0.05, 0.1) is 12.2 Å². The summed E-state index contributed by atoms with van der Waals surface area (Å²) in [5, 5.41) is 15.7. The molecule has 4 rings (SSSR count). The van der Waals surface area contributed by atoms with Crippen LogP contribution in [0.5, 0.6) is 11.5 Å². The van der Waals surface area contributed by atoms with Gasteiger partial charge in [-0.3, -0.25) is 10.2 Å². The van der Waals surface area contributed by atoms with E-state index in [2.05, 4.69) is 23.9 Å². The summed E-state index contributed by atoms with van der Waals surface area (Å²) in [7, 11) is 0. The summed E-state index contributed by atoms with van der Waals surface area (Å²) in [5.41, 5.74) is 1.65. The van der Waals surface area contributed by atoms with Gasteiger partial charge in [-0.2, -0.15) is 15.1 Å². The number of hydrogen-bond donors (Lipinski definition) is 1. The standard InChI is InChI=1S/C25H25FN4O3S/c1-4-32-21-13-17(7-10-20(21)33-14-16-5-8-18(26)9-6-16)12-19-23(27)30-25(28-24(19)31)34-22(29-30)11-15(2)3/h5-10,12-13,15,27H,4,11,14H2,1-3H3/b19-12-,27-23?. The van der Waals surface area contributed by atoms with Gasteiger partial charge < -0.3 is 9.47 Å². The molecule has 0 aliphatic carbocycles. The minimum atomic E-state index is -0.473. The Balaban J connectivity index is 1.55. The fourth-order valence-electron chi connectivity index (χ4n) is 3.37. The maximum absolute atomic E-state index is 13.1. The van der Waals surface area contributed by atoms with Crippen molar-refractivity contribution < 1.29 is 18.7 Å². The number of benzene rings is 2. The number of fused-ring (bicyclic) bond motifs is 1. The summed E-state index contributed by atoms with van der Waals surface area (Å²) in [6.07, 6.45) is 2.37. The molecule has 2 aliphatic rings. The molecule has 0 spiro atoms. The van der Waals surface area contributed by atoms with E-state index in [0.717, 1.165) is 17.0 Å². The summed E-state index contributed by atoms with van der Waals surface area (Å²) in [4.78, 5) is 16.8. The number of amidine groups is 2. The van der Waals surface area contributed by atoms with Gasteiger partial charge in [0.2, 0.25) is 5.17 Å². The molecule has 34 heavy (non-hydrogen) atoms. The number of hydrogen-bond acceptors (Lipinski definition) is 6. The molecule has 9 heteroatoms. The van der Waals surface area contributed by atoms with Gasteiger partial charge in [-0.25, -0.2) is 4.39 Å². The van der Waals surface area contributed by atoms with Crippen molar-refractivity contribution in [2.24, 2.45) is 16.0 Å². The third kappa shape index (κ3) is 5.36. The number of aliphatic imine (C=N–C) groups is 1. The third-order valence-corrected chi connectivity index (χ3v) is 5.90. The van der Waals surface area contributed by atoms with Crippen LogP contribution in [0.3, 0.4) is 0 Å². The number of halogens is 1. The van der Waals surface area contributed by atoms with Gasteiger partial charge in [0.1, 0.15) is 17.5 Å². The third-order valence-electron chi connectivity index (χ3n) is 4.97. The van der Waals surface area contributed by atoms with Crippen molar-refractivity contribution in [3.63, 3.8) is 0 Å². The lowest BCUT2D eigenvalue weighted by Crippen LogP contribution is -2.35. The highest BCUT2D eigenvalue weighted by molar-refractivity contribution is 8.26. The van der Waals surface area contributed by atoms with Crippen LogP contribution in [0.1, 0.15) is 38.3 Å². The van der Waals surface area contributed by atoms with E-state index in [1.54, 1.807) is 36.4 Å². The highest BCUT2D eigenvalue weighted by Crippen LogP contribution is 2.33. The second-order valence-corrected chi connectivity index (χ2v) is 9.21. The topological polar surface area (TPSA) is 87.3 Å². The number of nitrogens with zero attached hydrogens (tertiary/aromatic N) is 3. The van der Waals surface area contributed by atoms with Crippen molar-refractivity contribution in [2.75, 3.05) is 6.61 Å². The summed E-state index contributed by atoms with van der Waals surface area (Å²) < 4.78 is 24.7. The molecule has 0 saturated heterocycles. The number of hydrazone groups is 1. The molecule has 0 unspecified atom stereocenters. The molecule has 0 bridgehead atoms. The number of nitrogens with one attached hydrogen (secondary N) is 1. The Morgan fingerprint density at radius 3 is 2.62 bits per heavy atom. The van der Waals surface area contributed by atoms with Gasteiger partial charge in [-0.15, -0.1) is 0 Å². The van der Waals surface area contributed by atoms with Gasteiger partial charge in [0.25, 0.3) is 5.91 Å². The number of ether oxygens (including phenoxy) is 2. The van der Waals surface area contributed by atoms with Gasteiger partial charge in [0.15, 0.2) is 17.3 Å². The molecule has 0 saturated carbocycles. The van der Waals surface area contributed by atoms with Crippen LogP contribution < -0.4 is 9.47 Å². The van der Waals surface area contributed by atoms with E-state index in [0.29, 0.717) is 34.8 Å². The molecule has 0 fully saturated rings. The second-order valence-electron chi connectivity index (χ2n) is 8.17. The van der Waals surface area contributed by atoms with Crippen LogP contribution >= 0.6 is 11.8 Å². The Morgan fingerprint density at radius 2 is 1.91 bits per heavy atom. The number of thioether (sulfide) groups is 1. The van der Waals surface area contributed by atoms with E-state index >= 15 is 0 Å². The van der Waals surface area contributed by atoms with E-state index in [-0.39, 0.29) is 23.8 Å². The van der Waals surface area contributed by atoms with Crippen molar-refractivity contribution in [3.05, 3.63) is 65.0 Å². The maximum atomic E-state index is 13.1. The van der Waals surface area contributed by atoms with Crippen molar-refractivity contribution in [1.82, 2.24) is 5.01 Å². The minimum absolute atomic E-state index is 0.00384.